The summed E-state index contributed by atoms with van der Waals surface area (Å²) in [5, 5.41) is 8.43. The van der Waals surface area contributed by atoms with Crippen molar-refractivity contribution in [3.05, 3.63) is 106 Å². The van der Waals surface area contributed by atoms with Crippen molar-refractivity contribution in [2.24, 2.45) is 10.2 Å². The van der Waals surface area contributed by atoms with Crippen LogP contribution in [0.3, 0.4) is 0 Å². The summed E-state index contributed by atoms with van der Waals surface area (Å²) in [5.41, 5.74) is 3.07. The van der Waals surface area contributed by atoms with E-state index < -0.39 is 0 Å². The van der Waals surface area contributed by atoms with Gasteiger partial charge in [-0.05, 0) is 0 Å². The monoisotopic (exact) mass is 301 g/mol. The topological polar surface area (TPSA) is 57.6 Å². The van der Waals surface area contributed by atoms with Crippen molar-refractivity contribution in [2.75, 3.05) is 0 Å². The van der Waals surface area contributed by atoms with Gasteiger partial charge in [-0.2, -0.15) is 5.10 Å². The molecule has 23 heavy (non-hydrogen) atoms. The van der Waals surface area contributed by atoms with E-state index in [2.05, 4.69) is 15.2 Å². The first-order valence-electron chi connectivity index (χ1n) is 7.23. The van der Waals surface area contributed by atoms with E-state index in [1.165, 1.54) is 12.3 Å². The zero-order chi connectivity index (χ0) is 15.9. The van der Waals surface area contributed by atoms with Crippen molar-refractivity contribution in [3.8, 4) is 0 Å². The fourth-order valence-electron chi connectivity index (χ4n) is 2.15. The number of rotatable bonds is 4. The molecule has 0 aliphatic heterocycles. The molecule has 4 heteroatoms. The minimum atomic E-state index is -0.0938. The van der Waals surface area contributed by atoms with Gasteiger partial charge < -0.3 is 4.98 Å². The summed E-state index contributed by atoms with van der Waals surface area (Å²) in [6.07, 6.45) is 4.65. The molecule has 4 nitrogen and oxygen atoms in total. The minimum Gasteiger partial charge on any atom is -0.367 e. The molecule has 0 saturated heterocycles. The predicted molar refractivity (Wildman–Crippen MR) is 93.2 cm³/mol. The van der Waals surface area contributed by atoms with Gasteiger partial charge in [-0.15, -0.1) is 5.10 Å². The molecule has 0 aliphatic carbocycles. The van der Waals surface area contributed by atoms with Crippen molar-refractivity contribution in [1.29, 1.82) is 0 Å². The van der Waals surface area contributed by atoms with Gasteiger partial charge in [-0.1, -0.05) is 60.7 Å². The summed E-state index contributed by atoms with van der Waals surface area (Å²) in [5.74, 6) is 0. The van der Waals surface area contributed by atoms with Gasteiger partial charge in [-0.3, -0.25) is 4.79 Å². The maximum Gasteiger partial charge on any atom is 0.190 e. The van der Waals surface area contributed by atoms with Crippen LogP contribution >= 0.6 is 0 Å². The number of nitrogens with one attached hydrogen (secondary N) is 1. The number of pyridine rings is 1. The lowest BCUT2D eigenvalue weighted by molar-refractivity contribution is 1.23. The van der Waals surface area contributed by atoms with Crippen LogP contribution in [0.1, 0.15) is 16.7 Å². The highest BCUT2D eigenvalue weighted by Gasteiger charge is 2.05. The Kier molecular flexibility index (Phi) is 4.55. The van der Waals surface area contributed by atoms with Crippen molar-refractivity contribution < 1.29 is 0 Å². The van der Waals surface area contributed by atoms with Crippen LogP contribution < -0.4 is 5.43 Å². The van der Waals surface area contributed by atoms with Gasteiger partial charge in [0.2, 0.25) is 0 Å². The van der Waals surface area contributed by atoms with E-state index >= 15 is 0 Å². The van der Waals surface area contributed by atoms with Crippen LogP contribution in [-0.4, -0.2) is 16.9 Å². The second-order valence-electron chi connectivity index (χ2n) is 4.89. The van der Waals surface area contributed by atoms with E-state index in [1.54, 1.807) is 12.4 Å². The predicted octanol–water partition coefficient (Wildman–Crippen LogP) is 3.25. The molecule has 0 fully saturated rings. The summed E-state index contributed by atoms with van der Waals surface area (Å²) in [7, 11) is 0. The lowest BCUT2D eigenvalue weighted by Gasteiger charge is -2.04. The van der Waals surface area contributed by atoms with E-state index in [9.17, 15) is 4.79 Å². The van der Waals surface area contributed by atoms with Gasteiger partial charge in [-0.25, -0.2) is 0 Å². The second-order valence-corrected chi connectivity index (χ2v) is 4.89. The highest BCUT2D eigenvalue weighted by Crippen LogP contribution is 2.11. The molecule has 0 bridgehead atoms. The number of aromatic nitrogens is 1. The fraction of sp³-hybridized carbons (Fsp3) is 0. The van der Waals surface area contributed by atoms with Crippen LogP contribution in [0.5, 0.6) is 0 Å². The molecule has 0 atom stereocenters. The zero-order valence-corrected chi connectivity index (χ0v) is 12.4. The first-order valence-corrected chi connectivity index (χ1v) is 7.23. The smallest absolute Gasteiger partial charge is 0.190 e. The van der Waals surface area contributed by atoms with Crippen molar-refractivity contribution in [1.82, 2.24) is 4.98 Å². The molecule has 0 saturated carbocycles. The Balaban J connectivity index is 1.99. The summed E-state index contributed by atoms with van der Waals surface area (Å²) in [6, 6.07) is 21.1. The first-order chi connectivity index (χ1) is 11.3. The number of nitrogens with zero attached hydrogens (tertiary/aromatic N) is 2. The lowest BCUT2D eigenvalue weighted by atomic mass is 10.0. The Morgan fingerprint density at radius 2 is 1.48 bits per heavy atom. The standard InChI is InChI=1S/C19H15N3O/c23-18-11-12-20-13-17(18)14-21-22-19(15-7-3-1-4-8-15)16-9-5-2-6-10-16/h1-14H,(H,20,23)/b21-14+. The van der Waals surface area contributed by atoms with E-state index in [0.717, 1.165) is 16.8 Å². The second kappa shape index (κ2) is 7.13. The van der Waals surface area contributed by atoms with Gasteiger partial charge in [0.15, 0.2) is 5.43 Å². The molecule has 0 amide bonds. The molecule has 0 spiro atoms. The molecule has 0 radical (unpaired) electrons. The maximum absolute atomic E-state index is 11.7. The molecule has 1 N–H and O–H groups in total. The highest BCUT2D eigenvalue weighted by molar-refractivity contribution is 6.12. The Hall–Kier alpha value is -3.27. The van der Waals surface area contributed by atoms with Crippen LogP contribution in [0.15, 0.2) is 94.1 Å². The molecule has 3 rings (SSSR count). The van der Waals surface area contributed by atoms with Crippen molar-refractivity contribution >= 4 is 11.9 Å². The zero-order valence-electron chi connectivity index (χ0n) is 12.4. The third kappa shape index (κ3) is 3.68. The molecule has 112 valence electrons. The molecule has 1 aromatic heterocycles. The third-order valence-corrected chi connectivity index (χ3v) is 3.30. The molecular formula is C19H15N3O. The Morgan fingerprint density at radius 1 is 0.870 bits per heavy atom. The van der Waals surface area contributed by atoms with E-state index in [0.29, 0.717) is 5.56 Å². The summed E-state index contributed by atoms with van der Waals surface area (Å²) >= 11 is 0. The van der Waals surface area contributed by atoms with E-state index in [-0.39, 0.29) is 5.43 Å². The van der Waals surface area contributed by atoms with E-state index in [1.807, 2.05) is 60.7 Å². The van der Waals surface area contributed by atoms with Gasteiger partial charge >= 0.3 is 0 Å². The van der Waals surface area contributed by atoms with Crippen LogP contribution in [-0.2, 0) is 0 Å². The quantitative estimate of drug-likeness (QED) is 0.583. The Bertz CT molecular complexity index is 840. The summed E-state index contributed by atoms with van der Waals surface area (Å²) in [6.45, 7) is 0. The number of aromatic amines is 1. The van der Waals surface area contributed by atoms with Crippen LogP contribution in [0, 0.1) is 0 Å². The number of H-pyrrole nitrogens is 1. The number of hydrogen-bond donors (Lipinski definition) is 1. The van der Waals surface area contributed by atoms with Gasteiger partial charge in [0.25, 0.3) is 0 Å². The molecular weight excluding hydrogens is 286 g/mol. The maximum atomic E-state index is 11.7. The molecule has 2 aromatic carbocycles. The van der Waals surface area contributed by atoms with Crippen molar-refractivity contribution in [3.63, 3.8) is 0 Å². The molecule has 3 aromatic rings. The average Bonchev–Trinajstić information content (AvgIpc) is 2.62. The van der Waals surface area contributed by atoms with Gasteiger partial charge in [0.05, 0.1) is 11.8 Å². The largest absolute Gasteiger partial charge is 0.367 e. The van der Waals surface area contributed by atoms with Crippen molar-refractivity contribution in [2.45, 2.75) is 0 Å². The number of hydrogen-bond acceptors (Lipinski definition) is 3. The summed E-state index contributed by atoms with van der Waals surface area (Å²) < 4.78 is 0. The fourth-order valence-corrected chi connectivity index (χ4v) is 2.15. The molecule has 0 aliphatic rings. The molecule has 1 heterocycles. The normalized spacial score (nSPS) is 10.6. The Labute approximate surface area is 133 Å². The summed E-state index contributed by atoms with van der Waals surface area (Å²) in [4.78, 5) is 14.5. The first kappa shape index (κ1) is 14.7. The highest BCUT2D eigenvalue weighted by atomic mass is 16.1. The number of benzene rings is 2. The third-order valence-electron chi connectivity index (χ3n) is 3.30. The van der Waals surface area contributed by atoms with Crippen LogP contribution in [0.2, 0.25) is 0 Å². The lowest BCUT2D eigenvalue weighted by Crippen LogP contribution is -2.06. The van der Waals surface area contributed by atoms with Gasteiger partial charge in [0.1, 0.15) is 5.71 Å². The molecule has 0 unspecified atom stereocenters. The minimum absolute atomic E-state index is 0.0938. The van der Waals surface area contributed by atoms with Crippen LogP contribution in [0.25, 0.3) is 0 Å². The van der Waals surface area contributed by atoms with E-state index in [4.69, 9.17) is 0 Å². The van der Waals surface area contributed by atoms with Crippen LogP contribution in [0.4, 0.5) is 0 Å². The SMILES string of the molecule is O=c1cc[nH]cc1/C=N/N=C(c1ccccc1)c1ccccc1. The average molecular weight is 301 g/mol. The Morgan fingerprint density at radius 3 is 2.04 bits per heavy atom. The van der Waals surface area contributed by atoms with Gasteiger partial charge in [0, 0.05) is 29.6 Å².